The maximum Gasteiger partial charge on any atom is 0.322 e. The van der Waals surface area contributed by atoms with E-state index in [4.69, 9.17) is 23.2 Å². The lowest BCUT2D eigenvalue weighted by molar-refractivity contribution is -0.128. The van der Waals surface area contributed by atoms with Gasteiger partial charge in [0.1, 0.15) is 0 Å². The summed E-state index contributed by atoms with van der Waals surface area (Å²) in [7, 11) is 1.68. The van der Waals surface area contributed by atoms with Crippen LogP contribution in [0.2, 0.25) is 10.0 Å². The van der Waals surface area contributed by atoms with Crippen molar-refractivity contribution in [1.82, 2.24) is 15.1 Å². The van der Waals surface area contributed by atoms with Crippen molar-refractivity contribution in [3.8, 4) is 0 Å². The van der Waals surface area contributed by atoms with Crippen molar-refractivity contribution in [2.24, 2.45) is 5.92 Å². The maximum absolute atomic E-state index is 13.1. The summed E-state index contributed by atoms with van der Waals surface area (Å²) in [6.45, 7) is 6.60. The molecule has 7 heteroatoms. The Balaban J connectivity index is 2.08. The number of benzene rings is 1. The van der Waals surface area contributed by atoms with E-state index in [-0.39, 0.29) is 18.0 Å². The van der Waals surface area contributed by atoms with Gasteiger partial charge in [-0.05, 0) is 24.5 Å². The van der Waals surface area contributed by atoms with E-state index in [1.165, 1.54) is 4.90 Å². The Kier molecular flexibility index (Phi) is 4.73. The minimum Gasteiger partial charge on any atom is -0.330 e. The van der Waals surface area contributed by atoms with Crippen LogP contribution in [-0.2, 0) is 4.79 Å². The molecule has 1 aromatic carbocycles. The highest BCUT2D eigenvalue weighted by Gasteiger charge is 2.45. The number of hydrogen-bond donors (Lipinski definition) is 1. The summed E-state index contributed by atoms with van der Waals surface area (Å²) in [5, 5.41) is 3.63. The molecule has 5 nitrogen and oxygen atoms in total. The summed E-state index contributed by atoms with van der Waals surface area (Å²) in [6.07, 6.45) is 0. The first-order valence-corrected chi connectivity index (χ1v) is 9.01. The predicted molar refractivity (Wildman–Crippen MR) is 98.5 cm³/mol. The maximum atomic E-state index is 13.1. The van der Waals surface area contributed by atoms with Gasteiger partial charge in [-0.3, -0.25) is 9.69 Å². The highest BCUT2D eigenvalue weighted by atomic mass is 35.5. The molecule has 2 aliphatic heterocycles. The van der Waals surface area contributed by atoms with Gasteiger partial charge < -0.3 is 10.2 Å². The van der Waals surface area contributed by atoms with Crippen molar-refractivity contribution in [3.63, 3.8) is 0 Å². The molecule has 3 rings (SSSR count). The molecule has 0 aromatic heterocycles. The Morgan fingerprint density at radius 2 is 1.88 bits per heavy atom. The number of likely N-dealkylation sites (N-methyl/N-ethyl adjacent to an activating group) is 1. The van der Waals surface area contributed by atoms with E-state index in [1.54, 1.807) is 25.2 Å². The Bertz CT molecular complexity index is 776. The fourth-order valence-corrected chi connectivity index (χ4v) is 3.67. The van der Waals surface area contributed by atoms with E-state index in [0.29, 0.717) is 33.6 Å². The minimum atomic E-state index is -0.596. The number of carbonyl (C=O) groups is 2. The molecule has 0 aliphatic carbocycles. The average molecular weight is 382 g/mol. The van der Waals surface area contributed by atoms with Gasteiger partial charge in [-0.25, -0.2) is 4.79 Å². The van der Waals surface area contributed by atoms with Gasteiger partial charge in [-0.15, -0.1) is 0 Å². The minimum absolute atomic E-state index is 0.0657. The van der Waals surface area contributed by atoms with Crippen LogP contribution < -0.4 is 5.32 Å². The second kappa shape index (κ2) is 6.54. The second-order valence-corrected chi connectivity index (χ2v) is 7.65. The molecule has 1 N–H and O–H groups in total. The fourth-order valence-electron chi connectivity index (χ4n) is 3.25. The molecule has 0 radical (unpaired) electrons. The average Bonchev–Trinajstić information content (AvgIpc) is 2.91. The molecule has 0 spiro atoms. The second-order valence-electron chi connectivity index (χ2n) is 6.86. The zero-order valence-electron chi connectivity index (χ0n) is 14.6. The Morgan fingerprint density at radius 3 is 2.52 bits per heavy atom. The van der Waals surface area contributed by atoms with Crippen LogP contribution in [0.15, 0.2) is 29.5 Å². The van der Waals surface area contributed by atoms with E-state index < -0.39 is 6.04 Å². The number of nitrogens with zero attached hydrogens (tertiary/aromatic N) is 2. The van der Waals surface area contributed by atoms with Gasteiger partial charge in [0.15, 0.2) is 0 Å². The fraction of sp³-hybridized carbons (Fsp3) is 0.444. The highest BCUT2D eigenvalue weighted by molar-refractivity contribution is 6.42. The molecule has 1 aromatic rings. The van der Waals surface area contributed by atoms with Crippen LogP contribution in [0, 0.1) is 5.92 Å². The molecule has 134 valence electrons. The zero-order valence-corrected chi connectivity index (χ0v) is 16.1. The van der Waals surface area contributed by atoms with E-state index in [2.05, 4.69) is 19.2 Å². The third-order valence-electron chi connectivity index (χ3n) is 5.14. The summed E-state index contributed by atoms with van der Waals surface area (Å²) in [6, 6.07) is 4.45. The highest BCUT2D eigenvalue weighted by Crippen LogP contribution is 2.40. The molecule has 2 atom stereocenters. The number of nitrogens with one attached hydrogen (secondary N) is 1. The molecule has 0 saturated heterocycles. The largest absolute Gasteiger partial charge is 0.330 e. The Hall–Kier alpha value is -1.72. The molecular weight excluding hydrogens is 361 g/mol. The van der Waals surface area contributed by atoms with Crippen molar-refractivity contribution < 1.29 is 9.59 Å². The smallest absolute Gasteiger partial charge is 0.322 e. The Morgan fingerprint density at radius 1 is 1.20 bits per heavy atom. The van der Waals surface area contributed by atoms with Gasteiger partial charge in [-0.2, -0.15) is 0 Å². The molecule has 0 unspecified atom stereocenters. The molecule has 0 saturated carbocycles. The van der Waals surface area contributed by atoms with Crippen LogP contribution in [0.4, 0.5) is 4.79 Å². The number of carbonyl (C=O) groups excluding carboxylic acids is 2. The summed E-state index contributed by atoms with van der Waals surface area (Å²) in [5.41, 5.74) is 1.93. The van der Waals surface area contributed by atoms with Crippen molar-refractivity contribution in [2.45, 2.75) is 32.9 Å². The number of amides is 3. The van der Waals surface area contributed by atoms with E-state index >= 15 is 0 Å². The standard InChI is InChI=1S/C18H21Cl2N3O2/c1-9(2)10(3)23-8-13-14(17(23)24)16(21-18(25)22(13)4)11-6-5-7-12(19)15(11)20/h5-7,9-10,16H,8H2,1-4H3,(H,21,25)/t10-,16-/m0/s1. The van der Waals surface area contributed by atoms with Crippen LogP contribution in [0.25, 0.3) is 0 Å². The SMILES string of the molecule is CC(C)[C@H](C)N1CC2=C(C1=O)[C@H](c1cccc(Cl)c1Cl)NC(=O)N2C. The normalized spacial score (nSPS) is 21.8. The zero-order chi connectivity index (χ0) is 18.5. The molecule has 25 heavy (non-hydrogen) atoms. The van der Waals surface area contributed by atoms with Crippen LogP contribution in [0.3, 0.4) is 0 Å². The molecule has 2 heterocycles. The van der Waals surface area contributed by atoms with Crippen LogP contribution in [0.5, 0.6) is 0 Å². The molecule has 0 fully saturated rings. The van der Waals surface area contributed by atoms with E-state index in [9.17, 15) is 9.59 Å². The summed E-state index contributed by atoms with van der Waals surface area (Å²) < 4.78 is 0. The monoisotopic (exact) mass is 381 g/mol. The van der Waals surface area contributed by atoms with Gasteiger partial charge >= 0.3 is 6.03 Å². The summed E-state index contributed by atoms with van der Waals surface area (Å²) in [5.74, 6) is 0.247. The quantitative estimate of drug-likeness (QED) is 0.864. The van der Waals surface area contributed by atoms with E-state index in [1.807, 2.05) is 11.8 Å². The number of hydrogen-bond acceptors (Lipinski definition) is 2. The third kappa shape index (κ3) is 2.89. The first-order valence-electron chi connectivity index (χ1n) is 8.26. The summed E-state index contributed by atoms with van der Waals surface area (Å²) >= 11 is 12.5. The lowest BCUT2D eigenvalue weighted by atomic mass is 9.95. The predicted octanol–water partition coefficient (Wildman–Crippen LogP) is 3.83. The lowest BCUT2D eigenvalue weighted by Gasteiger charge is -2.31. The van der Waals surface area contributed by atoms with Gasteiger partial charge in [-0.1, -0.05) is 49.2 Å². The van der Waals surface area contributed by atoms with Gasteiger partial charge in [0.2, 0.25) is 0 Å². The first-order chi connectivity index (χ1) is 11.7. The molecular formula is C18H21Cl2N3O2. The van der Waals surface area contributed by atoms with Crippen LogP contribution >= 0.6 is 23.2 Å². The van der Waals surface area contributed by atoms with Crippen LogP contribution in [0.1, 0.15) is 32.4 Å². The molecule has 2 aliphatic rings. The Labute approximate surface area is 157 Å². The van der Waals surface area contributed by atoms with Crippen molar-refractivity contribution in [2.75, 3.05) is 13.6 Å². The van der Waals surface area contributed by atoms with Crippen molar-refractivity contribution in [1.29, 1.82) is 0 Å². The van der Waals surface area contributed by atoms with Crippen LogP contribution in [-0.4, -0.2) is 41.4 Å². The van der Waals surface area contributed by atoms with Crippen molar-refractivity contribution in [3.05, 3.63) is 45.1 Å². The van der Waals surface area contributed by atoms with E-state index in [0.717, 1.165) is 5.70 Å². The summed E-state index contributed by atoms with van der Waals surface area (Å²) in [4.78, 5) is 28.9. The number of rotatable bonds is 3. The van der Waals surface area contributed by atoms with Crippen molar-refractivity contribution >= 4 is 35.1 Å². The number of urea groups is 1. The van der Waals surface area contributed by atoms with Gasteiger partial charge in [0.05, 0.1) is 33.9 Å². The molecule has 0 bridgehead atoms. The van der Waals surface area contributed by atoms with Gasteiger partial charge in [0, 0.05) is 13.1 Å². The lowest BCUT2D eigenvalue weighted by Crippen LogP contribution is -2.45. The first kappa shape index (κ1) is 18.1. The topological polar surface area (TPSA) is 52.7 Å². The van der Waals surface area contributed by atoms with Gasteiger partial charge in [0.25, 0.3) is 5.91 Å². The number of halogens is 2. The molecule has 3 amide bonds. The third-order valence-corrected chi connectivity index (χ3v) is 5.97.